The lowest BCUT2D eigenvalue weighted by Crippen LogP contribution is -2.11. The van der Waals surface area contributed by atoms with Crippen molar-refractivity contribution in [3.05, 3.63) is 11.4 Å². The number of anilines is 2. The highest BCUT2D eigenvalue weighted by Crippen LogP contribution is 2.22. The molecular formula is C17H32N4. The Balaban J connectivity index is 2.52. The van der Waals surface area contributed by atoms with E-state index in [2.05, 4.69) is 48.3 Å². The van der Waals surface area contributed by atoms with Crippen molar-refractivity contribution in [3.63, 3.8) is 0 Å². The molecule has 1 aromatic heterocycles. The Kier molecular flexibility index (Phi) is 8.09. The third kappa shape index (κ3) is 5.90. The van der Waals surface area contributed by atoms with Gasteiger partial charge in [0.2, 0.25) is 0 Å². The number of hydrogen-bond donors (Lipinski definition) is 2. The van der Waals surface area contributed by atoms with Gasteiger partial charge in [0, 0.05) is 25.1 Å². The average Bonchev–Trinajstić information content (AvgIpc) is 2.47. The zero-order chi connectivity index (χ0) is 15.7. The van der Waals surface area contributed by atoms with Gasteiger partial charge in [0.15, 0.2) is 0 Å². The number of nitrogens with zero attached hydrogens (tertiary/aromatic N) is 2. The fourth-order valence-electron chi connectivity index (χ4n) is 2.32. The lowest BCUT2D eigenvalue weighted by atomic mass is 10.1. The molecule has 0 spiro atoms. The zero-order valence-corrected chi connectivity index (χ0v) is 14.4. The fraction of sp³-hybridized carbons (Fsp3) is 0.765. The Morgan fingerprint density at radius 2 is 1.57 bits per heavy atom. The molecule has 0 aliphatic rings. The molecule has 0 aliphatic carbocycles. The lowest BCUT2D eigenvalue weighted by molar-refractivity contribution is 0.616. The van der Waals surface area contributed by atoms with Crippen molar-refractivity contribution in [2.75, 3.05) is 24.2 Å². The van der Waals surface area contributed by atoms with E-state index in [1.54, 1.807) is 0 Å². The molecule has 0 atom stereocenters. The summed E-state index contributed by atoms with van der Waals surface area (Å²) in [5, 5.41) is 6.65. The highest BCUT2D eigenvalue weighted by molar-refractivity contribution is 5.57. The summed E-state index contributed by atoms with van der Waals surface area (Å²) in [6.07, 6.45) is 7.89. The predicted octanol–water partition coefficient (Wildman–Crippen LogP) is 4.72. The first-order valence-electron chi connectivity index (χ1n) is 8.40. The summed E-state index contributed by atoms with van der Waals surface area (Å²) in [4.78, 5) is 9.23. The van der Waals surface area contributed by atoms with Crippen LogP contribution in [0.4, 0.5) is 11.6 Å². The Morgan fingerprint density at radius 3 is 2.19 bits per heavy atom. The maximum atomic E-state index is 4.67. The smallest absolute Gasteiger partial charge is 0.135 e. The van der Waals surface area contributed by atoms with Gasteiger partial charge >= 0.3 is 0 Å². The molecule has 0 saturated heterocycles. The van der Waals surface area contributed by atoms with Crippen LogP contribution in [0.25, 0.3) is 0 Å². The summed E-state index contributed by atoms with van der Waals surface area (Å²) in [6.45, 7) is 9.57. The van der Waals surface area contributed by atoms with Crippen molar-refractivity contribution >= 4 is 11.6 Å². The van der Waals surface area contributed by atoms with Gasteiger partial charge < -0.3 is 10.6 Å². The van der Waals surface area contributed by atoms with E-state index in [4.69, 9.17) is 0 Å². The Hall–Kier alpha value is -1.32. The minimum Gasteiger partial charge on any atom is -0.373 e. The van der Waals surface area contributed by atoms with Crippen LogP contribution in [0.5, 0.6) is 0 Å². The van der Waals surface area contributed by atoms with Crippen LogP contribution in [0.2, 0.25) is 0 Å². The van der Waals surface area contributed by atoms with Crippen LogP contribution in [-0.4, -0.2) is 23.6 Å². The Morgan fingerprint density at radius 1 is 0.952 bits per heavy atom. The highest BCUT2D eigenvalue weighted by Gasteiger charge is 2.11. The third-order valence-corrected chi connectivity index (χ3v) is 3.74. The topological polar surface area (TPSA) is 49.8 Å². The quantitative estimate of drug-likeness (QED) is 0.612. The number of nitrogens with one attached hydrogen (secondary N) is 2. The molecule has 0 saturated carbocycles. The molecule has 0 bridgehead atoms. The summed E-state index contributed by atoms with van der Waals surface area (Å²) >= 11 is 0. The maximum Gasteiger partial charge on any atom is 0.135 e. The van der Waals surface area contributed by atoms with E-state index in [9.17, 15) is 0 Å². The number of rotatable bonds is 10. The molecular weight excluding hydrogens is 260 g/mol. The van der Waals surface area contributed by atoms with E-state index < -0.39 is 0 Å². The van der Waals surface area contributed by atoms with Crippen molar-refractivity contribution in [3.8, 4) is 0 Å². The summed E-state index contributed by atoms with van der Waals surface area (Å²) < 4.78 is 0. The largest absolute Gasteiger partial charge is 0.373 e. The van der Waals surface area contributed by atoms with Crippen molar-refractivity contribution in [2.24, 2.45) is 0 Å². The summed E-state index contributed by atoms with van der Waals surface area (Å²) in [5.74, 6) is 3.15. The molecule has 21 heavy (non-hydrogen) atoms. The molecule has 1 heterocycles. The molecule has 1 rings (SSSR count). The van der Waals surface area contributed by atoms with Crippen LogP contribution in [0, 0.1) is 6.92 Å². The van der Waals surface area contributed by atoms with E-state index in [1.165, 1.54) is 38.5 Å². The first-order valence-corrected chi connectivity index (χ1v) is 8.40. The van der Waals surface area contributed by atoms with Gasteiger partial charge in [0.25, 0.3) is 0 Å². The molecule has 0 radical (unpaired) electrons. The molecule has 120 valence electrons. The van der Waals surface area contributed by atoms with Gasteiger partial charge in [-0.25, -0.2) is 9.97 Å². The Labute approximate surface area is 130 Å². The monoisotopic (exact) mass is 292 g/mol. The summed E-state index contributed by atoms with van der Waals surface area (Å²) in [5.41, 5.74) is 1.10. The minimum atomic E-state index is 0.340. The number of aromatic nitrogens is 2. The number of hydrogen-bond acceptors (Lipinski definition) is 4. The van der Waals surface area contributed by atoms with Crippen molar-refractivity contribution in [2.45, 2.75) is 72.1 Å². The normalized spacial score (nSPS) is 11.0. The standard InChI is InChI=1S/C17H32N4/c1-6-7-8-9-10-11-12-19-17-14(4)16(18-5)20-15(21-17)13(2)3/h13H,6-12H2,1-5H3,(H2,18,19,20,21). The average molecular weight is 292 g/mol. The summed E-state index contributed by atoms with van der Waals surface area (Å²) in [7, 11) is 1.91. The second-order valence-corrected chi connectivity index (χ2v) is 6.00. The molecule has 4 nitrogen and oxygen atoms in total. The van der Waals surface area contributed by atoms with E-state index in [-0.39, 0.29) is 0 Å². The van der Waals surface area contributed by atoms with Crippen LogP contribution in [0.15, 0.2) is 0 Å². The van der Waals surface area contributed by atoms with Gasteiger partial charge in [0.1, 0.15) is 17.5 Å². The summed E-state index contributed by atoms with van der Waals surface area (Å²) in [6, 6.07) is 0. The zero-order valence-electron chi connectivity index (χ0n) is 14.4. The van der Waals surface area contributed by atoms with Crippen LogP contribution in [0.1, 0.15) is 76.6 Å². The van der Waals surface area contributed by atoms with Gasteiger partial charge in [-0.2, -0.15) is 0 Å². The van der Waals surface area contributed by atoms with Crippen LogP contribution in [-0.2, 0) is 0 Å². The molecule has 0 aromatic carbocycles. The third-order valence-electron chi connectivity index (χ3n) is 3.74. The number of unbranched alkanes of at least 4 members (excludes halogenated alkanes) is 5. The minimum absolute atomic E-state index is 0.340. The molecule has 0 aliphatic heterocycles. The van der Waals surface area contributed by atoms with Gasteiger partial charge in [-0.1, -0.05) is 52.9 Å². The maximum absolute atomic E-state index is 4.67. The second-order valence-electron chi connectivity index (χ2n) is 6.00. The van der Waals surface area contributed by atoms with Crippen LogP contribution in [0.3, 0.4) is 0 Å². The highest BCUT2D eigenvalue weighted by atomic mass is 15.1. The molecule has 1 aromatic rings. The van der Waals surface area contributed by atoms with Gasteiger partial charge in [0.05, 0.1) is 0 Å². The SMILES string of the molecule is CCCCCCCCNc1nc(C(C)C)nc(NC)c1C. The molecule has 4 heteroatoms. The van der Waals surface area contributed by atoms with Crippen LogP contribution < -0.4 is 10.6 Å². The van der Waals surface area contributed by atoms with E-state index in [0.717, 1.165) is 29.6 Å². The van der Waals surface area contributed by atoms with Gasteiger partial charge in [-0.15, -0.1) is 0 Å². The van der Waals surface area contributed by atoms with E-state index in [0.29, 0.717) is 5.92 Å². The lowest BCUT2D eigenvalue weighted by Gasteiger charge is -2.15. The van der Waals surface area contributed by atoms with E-state index >= 15 is 0 Å². The fourth-order valence-corrected chi connectivity index (χ4v) is 2.32. The van der Waals surface area contributed by atoms with Crippen molar-refractivity contribution in [1.82, 2.24) is 9.97 Å². The molecule has 0 fully saturated rings. The van der Waals surface area contributed by atoms with Crippen molar-refractivity contribution < 1.29 is 0 Å². The van der Waals surface area contributed by atoms with E-state index in [1.807, 2.05) is 7.05 Å². The molecule has 2 N–H and O–H groups in total. The molecule has 0 amide bonds. The van der Waals surface area contributed by atoms with Gasteiger partial charge in [-0.05, 0) is 13.3 Å². The first kappa shape index (κ1) is 17.7. The van der Waals surface area contributed by atoms with Crippen molar-refractivity contribution in [1.29, 1.82) is 0 Å². The Bertz CT molecular complexity index is 415. The molecule has 0 unspecified atom stereocenters. The second kappa shape index (κ2) is 9.59. The van der Waals surface area contributed by atoms with Gasteiger partial charge in [-0.3, -0.25) is 0 Å². The first-order chi connectivity index (χ1) is 10.1. The van der Waals surface area contributed by atoms with Crippen LogP contribution >= 0.6 is 0 Å². The predicted molar refractivity (Wildman–Crippen MR) is 92.3 cm³/mol.